The Morgan fingerprint density at radius 3 is 2.54 bits per heavy atom. The Balaban J connectivity index is 1.99. The lowest BCUT2D eigenvalue weighted by atomic mass is 9.79. The molecule has 0 saturated carbocycles. The van der Waals surface area contributed by atoms with Gasteiger partial charge in [0.2, 0.25) is 5.54 Å². The van der Waals surface area contributed by atoms with Crippen LogP contribution in [0.25, 0.3) is 16.5 Å². The van der Waals surface area contributed by atoms with Gasteiger partial charge in [0.1, 0.15) is 6.61 Å². The first-order chi connectivity index (χ1) is 11.7. The number of rotatable bonds is 4. The molecule has 1 unspecified atom stereocenters. The minimum atomic E-state index is -2.02. The van der Waals surface area contributed by atoms with Gasteiger partial charge in [0.25, 0.3) is 0 Å². The number of benzene rings is 2. The fourth-order valence-corrected chi connectivity index (χ4v) is 2.64. The van der Waals surface area contributed by atoms with Gasteiger partial charge in [0, 0.05) is 4.91 Å². The molecular formula is C18H13N3O3. The Bertz CT molecular complexity index is 870. The van der Waals surface area contributed by atoms with E-state index in [1.54, 1.807) is 42.5 Å². The van der Waals surface area contributed by atoms with E-state index in [1.165, 1.54) is 6.08 Å². The summed E-state index contributed by atoms with van der Waals surface area (Å²) < 4.78 is 5.29. The normalized spacial score (nSPS) is 18.4. The molecule has 118 valence electrons. The van der Waals surface area contributed by atoms with E-state index < -0.39 is 17.3 Å². The van der Waals surface area contributed by atoms with E-state index in [4.69, 9.17) is 10.3 Å². The fraction of sp³-hybridized carbons (Fsp3) is 0.111. The van der Waals surface area contributed by atoms with Crippen molar-refractivity contribution in [3.8, 4) is 0 Å². The first kappa shape index (κ1) is 15.5. The van der Waals surface area contributed by atoms with Gasteiger partial charge in [-0.2, -0.15) is 0 Å². The molecule has 6 nitrogen and oxygen atoms in total. The molecule has 0 spiro atoms. The summed E-state index contributed by atoms with van der Waals surface area (Å²) in [6, 6.07) is 15.9. The smallest absolute Gasteiger partial charge is 0.331 e. The first-order valence-electron chi connectivity index (χ1n) is 7.28. The molecule has 0 N–H and O–H groups in total. The van der Waals surface area contributed by atoms with Gasteiger partial charge < -0.3 is 4.74 Å². The zero-order chi connectivity index (χ0) is 17.0. The molecular weight excluding hydrogens is 306 g/mol. The molecule has 1 aliphatic carbocycles. The highest BCUT2D eigenvalue weighted by atomic mass is 16.5. The van der Waals surface area contributed by atoms with Crippen LogP contribution >= 0.6 is 0 Å². The highest BCUT2D eigenvalue weighted by molar-refractivity contribution is 6.17. The predicted molar refractivity (Wildman–Crippen MR) is 87.5 cm³/mol. The third kappa shape index (κ3) is 2.55. The van der Waals surface area contributed by atoms with Crippen molar-refractivity contribution in [2.24, 2.45) is 5.11 Å². The van der Waals surface area contributed by atoms with Crippen LogP contribution in [0.3, 0.4) is 0 Å². The van der Waals surface area contributed by atoms with Gasteiger partial charge >= 0.3 is 5.97 Å². The number of hydrogen-bond acceptors (Lipinski definition) is 4. The third-order valence-electron chi connectivity index (χ3n) is 3.82. The van der Waals surface area contributed by atoms with E-state index in [-0.39, 0.29) is 6.61 Å². The Hall–Kier alpha value is -3.37. The molecule has 1 aliphatic rings. The monoisotopic (exact) mass is 319 g/mol. The van der Waals surface area contributed by atoms with Crippen LogP contribution in [0.1, 0.15) is 16.7 Å². The Morgan fingerprint density at radius 1 is 1.08 bits per heavy atom. The lowest BCUT2D eigenvalue weighted by Crippen LogP contribution is -2.44. The van der Waals surface area contributed by atoms with Crippen molar-refractivity contribution >= 4 is 17.8 Å². The molecule has 0 aromatic heterocycles. The van der Waals surface area contributed by atoms with Crippen molar-refractivity contribution in [2.75, 3.05) is 0 Å². The number of carbonyl (C=O) groups excluding carboxylic acids is 2. The maximum Gasteiger partial charge on any atom is 0.331 e. The van der Waals surface area contributed by atoms with E-state index in [0.29, 0.717) is 11.1 Å². The zero-order valence-corrected chi connectivity index (χ0v) is 12.6. The summed E-state index contributed by atoms with van der Waals surface area (Å²) in [5.74, 6) is -1.50. The van der Waals surface area contributed by atoms with E-state index in [1.807, 2.05) is 18.2 Å². The molecule has 0 heterocycles. The fourth-order valence-electron chi connectivity index (χ4n) is 2.64. The van der Waals surface area contributed by atoms with Crippen molar-refractivity contribution in [1.29, 1.82) is 0 Å². The van der Waals surface area contributed by atoms with Crippen LogP contribution in [0.5, 0.6) is 0 Å². The van der Waals surface area contributed by atoms with Crippen molar-refractivity contribution in [3.05, 3.63) is 87.8 Å². The number of ether oxygens (including phenoxy) is 1. The van der Waals surface area contributed by atoms with Gasteiger partial charge in [0.15, 0.2) is 5.78 Å². The highest BCUT2D eigenvalue weighted by Crippen LogP contribution is 2.36. The Morgan fingerprint density at radius 2 is 1.79 bits per heavy atom. The van der Waals surface area contributed by atoms with Gasteiger partial charge in [-0.25, -0.2) is 0 Å². The van der Waals surface area contributed by atoms with Gasteiger partial charge in [-0.15, -0.1) is 0 Å². The van der Waals surface area contributed by atoms with Gasteiger partial charge in [-0.3, -0.25) is 9.59 Å². The standard InChI is InChI=1S/C18H13N3O3/c19-21-20-18(17(23)24-12-13-6-2-1-3-7-13)15-9-5-4-8-14(15)10-11-16(18)22/h1-11H,12H2. The summed E-state index contributed by atoms with van der Waals surface area (Å²) in [6.45, 7) is -0.0124. The highest BCUT2D eigenvalue weighted by Gasteiger charge is 2.50. The maximum atomic E-state index is 12.7. The summed E-state index contributed by atoms with van der Waals surface area (Å²) in [6.07, 6.45) is 2.83. The van der Waals surface area contributed by atoms with Crippen molar-refractivity contribution in [1.82, 2.24) is 0 Å². The van der Waals surface area contributed by atoms with Crippen LogP contribution < -0.4 is 0 Å². The summed E-state index contributed by atoms with van der Waals surface area (Å²) in [5, 5.41) is 3.55. The van der Waals surface area contributed by atoms with Crippen molar-refractivity contribution in [3.63, 3.8) is 0 Å². The van der Waals surface area contributed by atoms with E-state index >= 15 is 0 Å². The molecule has 0 saturated heterocycles. The summed E-state index contributed by atoms with van der Waals surface area (Å²) in [7, 11) is 0. The Labute approximate surface area is 138 Å². The van der Waals surface area contributed by atoms with E-state index in [0.717, 1.165) is 5.56 Å². The Kier molecular flexibility index (Phi) is 4.14. The van der Waals surface area contributed by atoms with Crippen LogP contribution in [-0.2, 0) is 26.5 Å². The molecule has 1 atom stereocenters. The molecule has 3 rings (SSSR count). The topological polar surface area (TPSA) is 92.1 Å². The first-order valence-corrected chi connectivity index (χ1v) is 7.28. The molecule has 0 radical (unpaired) electrons. The van der Waals surface area contributed by atoms with Crippen LogP contribution in [-0.4, -0.2) is 11.8 Å². The molecule has 24 heavy (non-hydrogen) atoms. The molecule has 0 aliphatic heterocycles. The number of hydrogen-bond donors (Lipinski definition) is 0. The molecule has 0 amide bonds. The lowest BCUT2D eigenvalue weighted by Gasteiger charge is -2.28. The predicted octanol–water partition coefficient (Wildman–Crippen LogP) is 3.53. The molecule has 6 heteroatoms. The second kappa shape index (κ2) is 6.40. The maximum absolute atomic E-state index is 12.7. The third-order valence-corrected chi connectivity index (χ3v) is 3.82. The average molecular weight is 319 g/mol. The number of ketones is 1. The zero-order valence-electron chi connectivity index (χ0n) is 12.6. The summed E-state index contributed by atoms with van der Waals surface area (Å²) in [4.78, 5) is 27.9. The SMILES string of the molecule is [N-]=[N+]=NC1(C(=O)OCc2ccccc2)C(=O)C=Cc2ccccc21. The second-order valence-corrected chi connectivity index (χ2v) is 5.25. The average Bonchev–Trinajstić information content (AvgIpc) is 2.63. The molecule has 0 bridgehead atoms. The summed E-state index contributed by atoms with van der Waals surface area (Å²) in [5.41, 5.74) is 8.66. The second-order valence-electron chi connectivity index (χ2n) is 5.25. The number of esters is 1. The summed E-state index contributed by atoms with van der Waals surface area (Å²) >= 11 is 0. The van der Waals surface area contributed by atoms with Crippen LogP contribution in [0.4, 0.5) is 0 Å². The van der Waals surface area contributed by atoms with Gasteiger partial charge in [-0.1, -0.05) is 65.8 Å². The quantitative estimate of drug-likeness (QED) is 0.284. The molecule has 0 fully saturated rings. The molecule has 2 aromatic rings. The number of azide groups is 1. The minimum Gasteiger partial charge on any atom is -0.460 e. The van der Waals surface area contributed by atoms with Gasteiger partial charge in [0.05, 0.1) is 0 Å². The van der Waals surface area contributed by atoms with E-state index in [9.17, 15) is 9.59 Å². The van der Waals surface area contributed by atoms with Crippen LogP contribution in [0, 0.1) is 0 Å². The largest absolute Gasteiger partial charge is 0.460 e. The molecule has 2 aromatic carbocycles. The lowest BCUT2D eigenvalue weighted by molar-refractivity contribution is -0.154. The van der Waals surface area contributed by atoms with Crippen molar-refractivity contribution in [2.45, 2.75) is 12.1 Å². The number of fused-ring (bicyclic) bond motifs is 1. The van der Waals surface area contributed by atoms with Crippen LogP contribution in [0.15, 0.2) is 65.8 Å². The van der Waals surface area contributed by atoms with E-state index in [2.05, 4.69) is 10.0 Å². The van der Waals surface area contributed by atoms with Crippen molar-refractivity contribution < 1.29 is 14.3 Å². The van der Waals surface area contributed by atoms with Gasteiger partial charge in [-0.05, 0) is 28.3 Å². The number of carbonyl (C=O) groups is 2. The van der Waals surface area contributed by atoms with Crippen LogP contribution in [0.2, 0.25) is 0 Å². The number of nitrogens with zero attached hydrogens (tertiary/aromatic N) is 3. The minimum absolute atomic E-state index is 0.0124.